The molecular weight excluding hydrogens is 396 g/mol. The highest BCUT2D eigenvalue weighted by Crippen LogP contribution is 2.31. The van der Waals surface area contributed by atoms with E-state index >= 15 is 0 Å². The fourth-order valence-corrected chi connectivity index (χ4v) is 3.10. The maximum atomic E-state index is 12.5. The number of ether oxygens (including phenoxy) is 1. The number of nitro benzene ring substituents is 1. The fourth-order valence-electron chi connectivity index (χ4n) is 2.42. The number of nitro groups is 1. The summed E-state index contributed by atoms with van der Waals surface area (Å²) in [4.78, 5) is 23.0. The van der Waals surface area contributed by atoms with Crippen LogP contribution in [0.25, 0.3) is 11.5 Å². The number of rotatable bonds is 7. The molecule has 0 fully saturated rings. The number of thioether (sulfide) groups is 1. The van der Waals surface area contributed by atoms with Crippen molar-refractivity contribution in [2.24, 2.45) is 0 Å². The Bertz CT molecular complexity index is 1040. The van der Waals surface area contributed by atoms with E-state index < -0.39 is 10.2 Å². The zero-order valence-electron chi connectivity index (χ0n) is 15.9. The van der Waals surface area contributed by atoms with Gasteiger partial charge in [0.1, 0.15) is 5.75 Å². The molecule has 0 aliphatic heterocycles. The van der Waals surface area contributed by atoms with E-state index in [0.29, 0.717) is 11.6 Å². The molecule has 1 heterocycles. The van der Waals surface area contributed by atoms with Crippen LogP contribution in [0, 0.1) is 17.0 Å². The van der Waals surface area contributed by atoms with E-state index in [1.807, 2.05) is 31.2 Å². The third-order valence-electron chi connectivity index (χ3n) is 4.00. The number of nitrogens with zero attached hydrogens (tertiary/aromatic N) is 3. The van der Waals surface area contributed by atoms with Gasteiger partial charge in [0.2, 0.25) is 11.8 Å². The lowest BCUT2D eigenvalue weighted by Crippen LogP contribution is -2.22. The minimum absolute atomic E-state index is 0.152. The summed E-state index contributed by atoms with van der Waals surface area (Å²) < 4.78 is 10.8. The van der Waals surface area contributed by atoms with Crippen molar-refractivity contribution in [3.05, 3.63) is 58.1 Å². The predicted molar refractivity (Wildman–Crippen MR) is 108 cm³/mol. The molecule has 1 atom stereocenters. The van der Waals surface area contributed by atoms with Gasteiger partial charge in [0.05, 0.1) is 23.0 Å². The number of carbonyl (C=O) groups is 1. The number of benzene rings is 2. The van der Waals surface area contributed by atoms with Crippen LogP contribution in [0.3, 0.4) is 0 Å². The monoisotopic (exact) mass is 414 g/mol. The lowest BCUT2D eigenvalue weighted by molar-refractivity contribution is -0.384. The zero-order chi connectivity index (χ0) is 21.0. The summed E-state index contributed by atoms with van der Waals surface area (Å²) in [5.41, 5.74) is 1.96. The minimum Gasteiger partial charge on any atom is -0.495 e. The highest BCUT2D eigenvalue weighted by molar-refractivity contribution is 8.00. The van der Waals surface area contributed by atoms with E-state index in [2.05, 4.69) is 15.5 Å². The molecule has 0 aliphatic rings. The molecule has 0 unspecified atom stereocenters. The molecule has 150 valence electrons. The normalized spacial score (nSPS) is 11.7. The number of methoxy groups -OCH3 is 1. The van der Waals surface area contributed by atoms with Gasteiger partial charge < -0.3 is 14.5 Å². The Labute approximate surface area is 170 Å². The quantitative estimate of drug-likeness (QED) is 0.349. The number of hydrogen-bond donors (Lipinski definition) is 1. The Morgan fingerprint density at radius 2 is 1.97 bits per heavy atom. The standard InChI is InChI=1S/C19H18N4O5S/c1-11-4-6-13(7-5-11)18-21-22-19(28-18)29-12(2)17(24)20-15-10-14(23(25)26)8-9-16(15)27-3/h4-10,12H,1-3H3,(H,20,24)/t12-/m0/s1. The smallest absolute Gasteiger partial charge is 0.277 e. The molecule has 29 heavy (non-hydrogen) atoms. The van der Waals surface area contributed by atoms with Crippen LogP contribution in [-0.4, -0.2) is 33.4 Å². The van der Waals surface area contributed by atoms with E-state index in [1.165, 1.54) is 25.3 Å². The van der Waals surface area contributed by atoms with Gasteiger partial charge in [0, 0.05) is 17.7 Å². The molecule has 9 nitrogen and oxygen atoms in total. The van der Waals surface area contributed by atoms with Crippen molar-refractivity contribution in [3.8, 4) is 17.2 Å². The van der Waals surface area contributed by atoms with Gasteiger partial charge in [-0.2, -0.15) is 0 Å². The summed E-state index contributed by atoms with van der Waals surface area (Å²) in [5.74, 6) is 0.296. The number of aromatic nitrogens is 2. The first-order valence-electron chi connectivity index (χ1n) is 8.58. The second-order valence-corrected chi connectivity index (χ2v) is 7.42. The van der Waals surface area contributed by atoms with Crippen molar-refractivity contribution in [1.29, 1.82) is 0 Å². The molecule has 0 saturated heterocycles. The summed E-state index contributed by atoms with van der Waals surface area (Å²) in [6, 6.07) is 11.6. The molecule has 0 radical (unpaired) electrons. The molecule has 0 bridgehead atoms. The van der Waals surface area contributed by atoms with Crippen LogP contribution in [0.1, 0.15) is 12.5 Å². The van der Waals surface area contributed by atoms with Crippen LogP contribution in [0.2, 0.25) is 0 Å². The lowest BCUT2D eigenvalue weighted by Gasteiger charge is -2.12. The molecule has 0 saturated carbocycles. The van der Waals surface area contributed by atoms with Crippen LogP contribution >= 0.6 is 11.8 Å². The number of amides is 1. The van der Waals surface area contributed by atoms with E-state index in [4.69, 9.17) is 9.15 Å². The third kappa shape index (κ3) is 4.91. The Morgan fingerprint density at radius 3 is 2.62 bits per heavy atom. The van der Waals surface area contributed by atoms with Gasteiger partial charge in [-0.15, -0.1) is 10.2 Å². The van der Waals surface area contributed by atoms with Gasteiger partial charge in [0.25, 0.3) is 10.9 Å². The Morgan fingerprint density at radius 1 is 1.24 bits per heavy atom. The van der Waals surface area contributed by atoms with E-state index in [0.717, 1.165) is 22.9 Å². The van der Waals surface area contributed by atoms with Gasteiger partial charge >= 0.3 is 0 Å². The minimum atomic E-state index is -0.592. The maximum Gasteiger partial charge on any atom is 0.277 e. The zero-order valence-corrected chi connectivity index (χ0v) is 16.7. The van der Waals surface area contributed by atoms with Gasteiger partial charge in [-0.25, -0.2) is 0 Å². The molecule has 10 heteroatoms. The van der Waals surface area contributed by atoms with Crippen LogP contribution in [-0.2, 0) is 4.79 Å². The Kier molecular flexibility index (Phi) is 6.13. The van der Waals surface area contributed by atoms with Crippen LogP contribution in [0.5, 0.6) is 5.75 Å². The molecule has 1 N–H and O–H groups in total. The summed E-state index contributed by atoms with van der Waals surface area (Å²) in [6.07, 6.45) is 0. The molecule has 2 aromatic carbocycles. The maximum absolute atomic E-state index is 12.5. The average Bonchev–Trinajstić information content (AvgIpc) is 3.16. The second kappa shape index (κ2) is 8.74. The number of nitrogens with one attached hydrogen (secondary N) is 1. The van der Waals surface area contributed by atoms with E-state index in [9.17, 15) is 14.9 Å². The van der Waals surface area contributed by atoms with Crippen molar-refractivity contribution in [2.75, 3.05) is 12.4 Å². The van der Waals surface area contributed by atoms with Crippen molar-refractivity contribution < 1.29 is 18.9 Å². The molecule has 1 amide bonds. The first-order chi connectivity index (χ1) is 13.9. The topological polar surface area (TPSA) is 120 Å². The van der Waals surface area contributed by atoms with Crippen LogP contribution in [0.15, 0.2) is 52.1 Å². The predicted octanol–water partition coefficient (Wildman–Crippen LogP) is 4.08. The first kappa shape index (κ1) is 20.3. The number of non-ortho nitro benzene ring substituents is 1. The molecule has 0 aliphatic carbocycles. The summed E-state index contributed by atoms with van der Waals surface area (Å²) in [7, 11) is 1.42. The number of aryl methyl sites for hydroxylation is 1. The van der Waals surface area contributed by atoms with Gasteiger partial charge in [-0.1, -0.05) is 29.5 Å². The van der Waals surface area contributed by atoms with Crippen molar-refractivity contribution >= 4 is 29.0 Å². The Hall–Kier alpha value is -3.40. The van der Waals surface area contributed by atoms with Crippen molar-refractivity contribution in [1.82, 2.24) is 10.2 Å². The SMILES string of the molecule is COc1ccc([N+](=O)[O-])cc1NC(=O)[C@H](C)Sc1nnc(-c2ccc(C)cc2)o1. The lowest BCUT2D eigenvalue weighted by atomic mass is 10.1. The number of carbonyl (C=O) groups excluding carboxylic acids is 1. The molecule has 0 spiro atoms. The summed E-state index contributed by atoms with van der Waals surface area (Å²) >= 11 is 1.09. The molecule has 1 aromatic heterocycles. The average molecular weight is 414 g/mol. The van der Waals surface area contributed by atoms with E-state index in [-0.39, 0.29) is 22.5 Å². The molecule has 3 rings (SSSR count). The van der Waals surface area contributed by atoms with Crippen LogP contribution in [0.4, 0.5) is 11.4 Å². The molecule has 3 aromatic rings. The first-order valence-corrected chi connectivity index (χ1v) is 9.46. The largest absolute Gasteiger partial charge is 0.495 e. The van der Waals surface area contributed by atoms with E-state index in [1.54, 1.807) is 6.92 Å². The third-order valence-corrected chi connectivity index (χ3v) is 4.94. The summed E-state index contributed by atoms with van der Waals surface area (Å²) in [6.45, 7) is 3.65. The number of hydrogen-bond acceptors (Lipinski definition) is 8. The Balaban J connectivity index is 1.69. The highest BCUT2D eigenvalue weighted by atomic mass is 32.2. The van der Waals surface area contributed by atoms with Gasteiger partial charge in [-0.3, -0.25) is 14.9 Å². The fraction of sp³-hybridized carbons (Fsp3) is 0.211. The van der Waals surface area contributed by atoms with Crippen molar-refractivity contribution in [2.45, 2.75) is 24.3 Å². The number of anilines is 1. The molecular formula is C19H18N4O5S. The van der Waals surface area contributed by atoms with Crippen molar-refractivity contribution in [3.63, 3.8) is 0 Å². The van der Waals surface area contributed by atoms with Gasteiger partial charge in [0.15, 0.2) is 0 Å². The van der Waals surface area contributed by atoms with Gasteiger partial charge in [-0.05, 0) is 32.0 Å². The highest BCUT2D eigenvalue weighted by Gasteiger charge is 2.21. The summed E-state index contributed by atoms with van der Waals surface area (Å²) in [5, 5.41) is 21.2. The van der Waals surface area contributed by atoms with Crippen LogP contribution < -0.4 is 10.1 Å². The second-order valence-electron chi connectivity index (χ2n) is 6.13.